The van der Waals surface area contributed by atoms with Crippen LogP contribution in [0, 0.1) is 23.1 Å². The van der Waals surface area contributed by atoms with Crippen LogP contribution in [-0.4, -0.2) is 16.1 Å². The monoisotopic (exact) mass is 603 g/mol. The van der Waals surface area contributed by atoms with Crippen LogP contribution >= 0.6 is 69.6 Å². The number of amides is 2. The molecule has 0 bridgehead atoms. The van der Waals surface area contributed by atoms with Gasteiger partial charge in [-0.1, -0.05) is 46.4 Å². The summed E-state index contributed by atoms with van der Waals surface area (Å²) in [6, 6.07) is 12.7. The highest BCUT2D eigenvalue weighted by molar-refractivity contribution is 6.54. The molecule has 3 aromatic carbocycles. The molecule has 0 saturated heterocycles. The number of benzene rings is 3. The highest BCUT2D eigenvalue weighted by Gasteiger charge is 2.67. The molecule has 0 heterocycles. The summed E-state index contributed by atoms with van der Waals surface area (Å²) in [4.78, 5) is 25.7. The lowest BCUT2D eigenvalue weighted by Gasteiger charge is -2.11. The average Bonchev–Trinajstić information content (AvgIpc) is 3.41. The molecule has 0 aromatic heterocycles. The number of hydrogen-bond donors (Lipinski definition) is 2. The number of nitriles is 1. The average molecular weight is 606 g/mol. The van der Waals surface area contributed by atoms with Crippen molar-refractivity contribution in [3.05, 3.63) is 91.1 Å². The molecule has 2 unspecified atom stereocenters. The normalized spacial score (nSPS) is 17.7. The van der Waals surface area contributed by atoms with Gasteiger partial charge in [-0.3, -0.25) is 9.59 Å². The second-order valence-electron chi connectivity index (χ2n) is 7.87. The predicted molar refractivity (Wildman–Crippen MR) is 141 cm³/mol. The molecule has 3 aromatic rings. The lowest BCUT2D eigenvalue weighted by molar-refractivity contribution is -0.117. The van der Waals surface area contributed by atoms with Crippen molar-refractivity contribution < 1.29 is 14.0 Å². The van der Waals surface area contributed by atoms with Crippen molar-refractivity contribution in [3.63, 3.8) is 0 Å². The summed E-state index contributed by atoms with van der Waals surface area (Å²) in [5.74, 6) is -3.49. The molecular weight excluding hydrogens is 594 g/mol. The van der Waals surface area contributed by atoms with Crippen molar-refractivity contribution >= 4 is 92.8 Å². The topological polar surface area (TPSA) is 82.0 Å². The fourth-order valence-electron chi connectivity index (χ4n) is 3.70. The third-order valence-corrected chi connectivity index (χ3v) is 7.99. The summed E-state index contributed by atoms with van der Waals surface area (Å²) in [6.07, 6.45) is 0. The first kappa shape index (κ1) is 26.8. The van der Waals surface area contributed by atoms with E-state index < -0.39 is 33.8 Å². The fraction of sp³-hybridized carbons (Fsp3) is 0.125. The molecule has 184 valence electrons. The van der Waals surface area contributed by atoms with E-state index in [-0.39, 0.29) is 42.6 Å². The molecule has 12 heteroatoms. The Labute approximate surface area is 235 Å². The third kappa shape index (κ3) is 5.24. The molecule has 1 aliphatic rings. The lowest BCUT2D eigenvalue weighted by atomic mass is 10.1. The molecule has 1 saturated carbocycles. The number of nitrogens with zero attached hydrogens (tertiary/aromatic N) is 1. The summed E-state index contributed by atoms with van der Waals surface area (Å²) < 4.78 is 12.8. The molecule has 2 N–H and O–H groups in total. The minimum Gasteiger partial charge on any atom is -0.326 e. The van der Waals surface area contributed by atoms with Gasteiger partial charge in [-0.25, -0.2) is 4.39 Å². The van der Waals surface area contributed by atoms with Gasteiger partial charge in [0.25, 0.3) is 5.91 Å². The molecule has 36 heavy (non-hydrogen) atoms. The predicted octanol–water partition coefficient (Wildman–Crippen LogP) is 8.09. The lowest BCUT2D eigenvalue weighted by Crippen LogP contribution is -2.18. The second-order valence-corrected chi connectivity index (χ2v) is 10.9. The first-order chi connectivity index (χ1) is 16.9. The van der Waals surface area contributed by atoms with Crippen LogP contribution in [0.2, 0.25) is 20.1 Å². The first-order valence-electron chi connectivity index (χ1n) is 10.1. The van der Waals surface area contributed by atoms with Gasteiger partial charge in [0.05, 0.1) is 48.9 Å². The SMILES string of the molecule is N#Cc1ccc(NC(=O)c2cc(NC(=O)C3C(c4cc(Cl)c(Cl)c(Cl)c4)C3(Cl)Cl)ccc2Cl)c(F)c1. The van der Waals surface area contributed by atoms with Crippen LogP contribution in [0.3, 0.4) is 0 Å². The van der Waals surface area contributed by atoms with Gasteiger partial charge in [-0.15, -0.1) is 23.2 Å². The van der Waals surface area contributed by atoms with Gasteiger partial charge in [0, 0.05) is 11.6 Å². The zero-order valence-electron chi connectivity index (χ0n) is 17.7. The van der Waals surface area contributed by atoms with Gasteiger partial charge in [-0.2, -0.15) is 5.26 Å². The Morgan fingerprint density at radius 2 is 1.58 bits per heavy atom. The number of carbonyl (C=O) groups is 2. The number of hydrogen-bond acceptors (Lipinski definition) is 3. The van der Waals surface area contributed by atoms with Crippen LogP contribution in [0.1, 0.15) is 27.4 Å². The zero-order chi connectivity index (χ0) is 26.4. The van der Waals surface area contributed by atoms with Crippen LogP contribution in [-0.2, 0) is 4.79 Å². The van der Waals surface area contributed by atoms with Crippen molar-refractivity contribution in [2.45, 2.75) is 10.3 Å². The maximum absolute atomic E-state index is 14.2. The van der Waals surface area contributed by atoms with E-state index >= 15 is 0 Å². The highest BCUT2D eigenvalue weighted by Crippen LogP contribution is 2.65. The van der Waals surface area contributed by atoms with Crippen LogP contribution in [0.15, 0.2) is 48.5 Å². The largest absolute Gasteiger partial charge is 0.326 e. The Kier molecular flexibility index (Phi) is 7.64. The smallest absolute Gasteiger partial charge is 0.257 e. The van der Waals surface area contributed by atoms with Crippen molar-refractivity contribution in [2.75, 3.05) is 10.6 Å². The standard InChI is InChI=1S/C24H12Cl6FN3O2/c25-14-3-2-12(8-13(14)22(35)34-18-4-1-10(9-32)5-17(18)31)33-23(36)20-19(24(20,29)30)11-6-15(26)21(28)16(27)7-11/h1-8,19-20H,(H,33,36)(H,34,35). The molecule has 1 aliphatic carbocycles. The summed E-state index contributed by atoms with van der Waals surface area (Å²) in [5.41, 5.74) is 0.714. The third-order valence-electron chi connectivity index (χ3n) is 5.53. The molecule has 4 rings (SSSR count). The van der Waals surface area contributed by atoms with E-state index in [0.717, 1.165) is 6.07 Å². The Hall–Kier alpha value is -2.24. The summed E-state index contributed by atoms with van der Waals surface area (Å²) in [5, 5.41) is 14.5. The molecule has 0 spiro atoms. The van der Waals surface area contributed by atoms with E-state index in [1.165, 1.54) is 30.3 Å². The Morgan fingerprint density at radius 1 is 0.917 bits per heavy atom. The van der Waals surface area contributed by atoms with Crippen LogP contribution < -0.4 is 10.6 Å². The van der Waals surface area contributed by atoms with E-state index in [1.54, 1.807) is 18.2 Å². The molecule has 0 radical (unpaired) electrons. The van der Waals surface area contributed by atoms with Gasteiger partial charge < -0.3 is 10.6 Å². The Balaban J connectivity index is 1.52. The number of carbonyl (C=O) groups excluding carboxylic acids is 2. The number of halogens is 7. The maximum Gasteiger partial charge on any atom is 0.257 e. The van der Waals surface area contributed by atoms with Crippen molar-refractivity contribution in [2.24, 2.45) is 5.92 Å². The number of alkyl halides is 2. The van der Waals surface area contributed by atoms with Crippen molar-refractivity contribution in [1.29, 1.82) is 5.26 Å². The van der Waals surface area contributed by atoms with Gasteiger partial charge in [0.2, 0.25) is 5.91 Å². The molecule has 1 fully saturated rings. The molecule has 2 atom stereocenters. The van der Waals surface area contributed by atoms with E-state index in [2.05, 4.69) is 10.6 Å². The quantitative estimate of drug-likeness (QED) is 0.228. The van der Waals surface area contributed by atoms with E-state index in [9.17, 15) is 14.0 Å². The van der Waals surface area contributed by atoms with Crippen LogP contribution in [0.5, 0.6) is 0 Å². The summed E-state index contributed by atoms with van der Waals surface area (Å²) >= 11 is 37.1. The zero-order valence-corrected chi connectivity index (χ0v) is 22.2. The molecule has 2 amide bonds. The molecular formula is C24H12Cl6FN3O2. The Bertz CT molecular complexity index is 1430. The second kappa shape index (κ2) is 10.3. The van der Waals surface area contributed by atoms with Crippen LogP contribution in [0.25, 0.3) is 0 Å². The fourth-order valence-corrected chi connectivity index (χ4v) is 5.34. The maximum atomic E-state index is 14.2. The number of nitrogens with one attached hydrogen (secondary N) is 2. The number of rotatable bonds is 5. The summed E-state index contributed by atoms with van der Waals surface area (Å²) in [7, 11) is 0. The number of anilines is 2. The van der Waals surface area contributed by atoms with Gasteiger partial charge >= 0.3 is 0 Å². The molecule has 5 nitrogen and oxygen atoms in total. The van der Waals surface area contributed by atoms with Crippen molar-refractivity contribution in [1.82, 2.24) is 0 Å². The van der Waals surface area contributed by atoms with E-state index in [1.807, 2.05) is 0 Å². The minimum absolute atomic E-state index is 0.0233. The summed E-state index contributed by atoms with van der Waals surface area (Å²) in [6.45, 7) is 0. The van der Waals surface area contributed by atoms with Crippen LogP contribution in [0.4, 0.5) is 15.8 Å². The minimum atomic E-state index is -1.43. The van der Waals surface area contributed by atoms with Gasteiger partial charge in [0.1, 0.15) is 10.2 Å². The van der Waals surface area contributed by atoms with E-state index in [4.69, 9.17) is 74.9 Å². The van der Waals surface area contributed by atoms with E-state index in [0.29, 0.717) is 5.56 Å². The molecule has 0 aliphatic heterocycles. The Morgan fingerprint density at radius 3 is 2.19 bits per heavy atom. The van der Waals surface area contributed by atoms with Gasteiger partial charge in [-0.05, 0) is 54.1 Å². The van der Waals surface area contributed by atoms with Gasteiger partial charge in [0.15, 0.2) is 0 Å². The highest BCUT2D eigenvalue weighted by atomic mass is 35.5. The first-order valence-corrected chi connectivity index (χ1v) is 12.3. The van der Waals surface area contributed by atoms with Crippen molar-refractivity contribution in [3.8, 4) is 6.07 Å².